The van der Waals surface area contributed by atoms with E-state index in [4.69, 9.17) is 4.74 Å². The number of carbonyl (C=O) groups excluding carboxylic acids is 1. The van der Waals surface area contributed by atoms with Crippen molar-refractivity contribution in [3.05, 3.63) is 25.3 Å². The van der Waals surface area contributed by atoms with E-state index in [1.165, 1.54) is 6.42 Å². The number of rotatable bonds is 3. The fourth-order valence-corrected chi connectivity index (χ4v) is 2.23. The first kappa shape index (κ1) is 21.0. The van der Waals surface area contributed by atoms with Crippen LogP contribution in [0.15, 0.2) is 25.3 Å². The summed E-state index contributed by atoms with van der Waals surface area (Å²) >= 11 is 0. The molecule has 0 heterocycles. The molecule has 2 rings (SSSR count). The Morgan fingerprint density at radius 2 is 1.68 bits per heavy atom. The molecule has 4 nitrogen and oxygen atoms in total. The van der Waals surface area contributed by atoms with E-state index >= 15 is 0 Å². The van der Waals surface area contributed by atoms with Gasteiger partial charge < -0.3 is 28.2 Å². The molecule has 2 aliphatic rings. The van der Waals surface area contributed by atoms with Crippen molar-refractivity contribution in [3.8, 4) is 0 Å². The minimum Gasteiger partial charge on any atom is -1.00 e. The van der Waals surface area contributed by atoms with E-state index in [9.17, 15) is 4.79 Å². The number of hydrogen-bond acceptors (Lipinski definition) is 2. The lowest BCUT2D eigenvalue weighted by Crippen LogP contribution is -3.00. The first-order valence-electron chi connectivity index (χ1n) is 7.55. The first-order valence-corrected chi connectivity index (χ1v) is 7.55. The number of hydrogen-bond donors (Lipinski definition) is 2. The van der Waals surface area contributed by atoms with E-state index in [2.05, 4.69) is 31.1 Å². The van der Waals surface area contributed by atoms with E-state index in [-0.39, 0.29) is 24.0 Å². The molecule has 0 aromatic rings. The van der Waals surface area contributed by atoms with Gasteiger partial charge in [0.15, 0.2) is 0 Å². The highest BCUT2D eigenvalue weighted by Gasteiger charge is 2.50. The van der Waals surface area contributed by atoms with Gasteiger partial charge in [-0.3, -0.25) is 0 Å². The molecule has 2 saturated carbocycles. The van der Waals surface area contributed by atoms with Crippen LogP contribution in [0.25, 0.3) is 0 Å². The number of quaternary nitrogens is 1. The van der Waals surface area contributed by atoms with Crippen LogP contribution in [0.1, 0.15) is 47.5 Å². The zero-order chi connectivity index (χ0) is 16.5. The molecular weight excluding hydrogens is 300 g/mol. The number of nitrogens with one attached hydrogen (secondary N) is 1. The lowest BCUT2D eigenvalue weighted by Gasteiger charge is -2.22. The van der Waals surface area contributed by atoms with E-state index in [1.54, 1.807) is 0 Å². The molecule has 0 saturated heterocycles. The highest BCUT2D eigenvalue weighted by molar-refractivity contribution is 5.69. The number of ether oxygens (including phenoxy) is 1. The minimum absolute atomic E-state index is 0. The summed E-state index contributed by atoms with van der Waals surface area (Å²) in [5, 5.41) is 2.86. The Morgan fingerprint density at radius 1 is 1.23 bits per heavy atom. The average Bonchev–Trinajstić information content (AvgIpc) is 3.12. The number of carbonyl (C=O) groups is 1. The van der Waals surface area contributed by atoms with E-state index in [0.29, 0.717) is 17.4 Å². The van der Waals surface area contributed by atoms with Crippen LogP contribution < -0.4 is 23.5 Å². The van der Waals surface area contributed by atoms with Gasteiger partial charge in [-0.05, 0) is 41.0 Å². The average molecular weight is 331 g/mol. The molecule has 2 fully saturated rings. The zero-order valence-electron chi connectivity index (χ0n) is 14.5. The molecule has 4 N–H and O–H groups in total. The Labute approximate surface area is 141 Å². The van der Waals surface area contributed by atoms with Crippen molar-refractivity contribution in [1.82, 2.24) is 5.32 Å². The van der Waals surface area contributed by atoms with E-state index in [1.807, 2.05) is 39.8 Å². The van der Waals surface area contributed by atoms with Crippen LogP contribution in [0.5, 0.6) is 0 Å². The van der Waals surface area contributed by atoms with Crippen LogP contribution >= 0.6 is 0 Å². The molecule has 0 aliphatic heterocycles. The number of halogens is 1. The minimum atomic E-state index is -0.432. The molecule has 0 spiro atoms. The third-order valence-corrected chi connectivity index (χ3v) is 4.08. The molecule has 0 radical (unpaired) electrons. The van der Waals surface area contributed by atoms with Crippen molar-refractivity contribution in [1.29, 1.82) is 0 Å². The Hall–Kier alpha value is -1.00. The normalized spacial score (nSPS) is 35.0. The number of alkyl carbamates (subject to hydrolysis) is 1. The highest BCUT2D eigenvalue weighted by atomic mass is 35.5. The summed E-state index contributed by atoms with van der Waals surface area (Å²) in [6, 6.07) is 0. The van der Waals surface area contributed by atoms with Crippen LogP contribution in [-0.2, 0) is 4.74 Å². The van der Waals surface area contributed by atoms with Crippen molar-refractivity contribution >= 4 is 6.09 Å². The van der Waals surface area contributed by atoms with Crippen LogP contribution in [0.2, 0.25) is 0 Å². The van der Waals surface area contributed by atoms with E-state index < -0.39 is 5.60 Å². The standard InChI is InChI=1S/C11H19NO2.C6H11N.ClH/c1-6-8-7-11(8,5)12-9(13)14-10(2,3)4;1-3-5-4-6(5,2)7;/h6,8H,1,7H2,2-5H3,(H,12,13);3,5H,1,4,7H2,2H3;1H. The topological polar surface area (TPSA) is 66.0 Å². The van der Waals surface area contributed by atoms with Gasteiger partial charge >= 0.3 is 6.09 Å². The summed E-state index contributed by atoms with van der Waals surface area (Å²) in [6.45, 7) is 17.1. The lowest BCUT2D eigenvalue weighted by atomic mass is 10.2. The Kier molecular flexibility index (Phi) is 6.73. The van der Waals surface area contributed by atoms with Crippen molar-refractivity contribution in [2.75, 3.05) is 0 Å². The molecule has 1 amide bonds. The summed E-state index contributed by atoms with van der Waals surface area (Å²) < 4.78 is 5.16. The molecule has 0 bridgehead atoms. The summed E-state index contributed by atoms with van der Waals surface area (Å²) in [5.41, 5.74) is 3.75. The largest absolute Gasteiger partial charge is 1.00 e. The van der Waals surface area contributed by atoms with Crippen LogP contribution in [0.4, 0.5) is 4.79 Å². The molecule has 0 aromatic carbocycles. The maximum Gasteiger partial charge on any atom is 0.408 e. The van der Waals surface area contributed by atoms with Crippen LogP contribution in [0.3, 0.4) is 0 Å². The summed E-state index contributed by atoms with van der Waals surface area (Å²) in [7, 11) is 0. The third-order valence-electron chi connectivity index (χ3n) is 4.08. The van der Waals surface area contributed by atoms with Gasteiger partial charge in [-0.15, -0.1) is 13.2 Å². The molecule has 2 aliphatic carbocycles. The fraction of sp³-hybridized carbons (Fsp3) is 0.706. The quantitative estimate of drug-likeness (QED) is 0.696. The molecule has 0 aromatic heterocycles. The molecule has 22 heavy (non-hydrogen) atoms. The Bertz CT molecular complexity index is 429. The van der Waals surface area contributed by atoms with Crippen LogP contribution in [-0.4, -0.2) is 22.8 Å². The van der Waals surface area contributed by atoms with Gasteiger partial charge in [0, 0.05) is 23.8 Å². The van der Waals surface area contributed by atoms with Crippen LogP contribution in [0, 0.1) is 11.8 Å². The zero-order valence-corrected chi connectivity index (χ0v) is 15.3. The SMILES string of the molecule is C=CC1CC1(C)NC(=O)OC(C)(C)C.C=CC1CC1(C)[NH3+].[Cl-]. The summed E-state index contributed by atoms with van der Waals surface area (Å²) in [6.07, 6.45) is 5.71. The van der Waals surface area contributed by atoms with Gasteiger partial charge in [-0.25, -0.2) is 4.79 Å². The monoisotopic (exact) mass is 330 g/mol. The van der Waals surface area contributed by atoms with Gasteiger partial charge in [0.05, 0.1) is 5.54 Å². The predicted molar refractivity (Wildman–Crippen MR) is 85.7 cm³/mol. The summed E-state index contributed by atoms with van der Waals surface area (Å²) in [4.78, 5) is 11.4. The highest BCUT2D eigenvalue weighted by Crippen LogP contribution is 2.43. The lowest BCUT2D eigenvalue weighted by molar-refractivity contribution is -0.435. The predicted octanol–water partition coefficient (Wildman–Crippen LogP) is -0.327. The van der Waals surface area contributed by atoms with Gasteiger partial charge in [0.25, 0.3) is 0 Å². The Balaban J connectivity index is 0.000000465. The van der Waals surface area contributed by atoms with Gasteiger partial charge in [-0.2, -0.15) is 0 Å². The molecule has 128 valence electrons. The van der Waals surface area contributed by atoms with Crippen molar-refractivity contribution in [3.63, 3.8) is 0 Å². The third kappa shape index (κ3) is 6.41. The van der Waals surface area contributed by atoms with Gasteiger partial charge in [-0.1, -0.05) is 12.2 Å². The maximum atomic E-state index is 11.4. The van der Waals surface area contributed by atoms with E-state index in [0.717, 1.165) is 6.42 Å². The fourth-order valence-electron chi connectivity index (χ4n) is 2.23. The van der Waals surface area contributed by atoms with Gasteiger partial charge in [0.1, 0.15) is 5.60 Å². The van der Waals surface area contributed by atoms with Crippen molar-refractivity contribution in [2.24, 2.45) is 11.8 Å². The smallest absolute Gasteiger partial charge is 0.408 e. The maximum absolute atomic E-state index is 11.4. The molecule has 5 heteroatoms. The second kappa shape index (κ2) is 7.05. The second-order valence-corrected chi connectivity index (χ2v) is 7.79. The van der Waals surface area contributed by atoms with Gasteiger partial charge in [0.2, 0.25) is 0 Å². The molecule has 4 atom stereocenters. The first-order chi connectivity index (χ1) is 9.43. The molecule has 4 unspecified atom stereocenters. The van der Waals surface area contributed by atoms with Crippen molar-refractivity contribution < 1.29 is 27.7 Å². The number of amides is 1. The molecular formula is C17H31ClN2O2. The van der Waals surface area contributed by atoms with Crippen molar-refractivity contribution in [2.45, 2.75) is 64.1 Å². The Morgan fingerprint density at radius 3 is 1.91 bits per heavy atom. The summed E-state index contributed by atoms with van der Waals surface area (Å²) in [5.74, 6) is 1.09. The second-order valence-electron chi connectivity index (χ2n) is 7.79.